The number of para-hydroxylation sites is 1. The fourth-order valence-electron chi connectivity index (χ4n) is 4.05. The van der Waals surface area contributed by atoms with Crippen LogP contribution in [-0.2, 0) is 0 Å². The van der Waals surface area contributed by atoms with Crippen LogP contribution in [0, 0.1) is 12.8 Å². The van der Waals surface area contributed by atoms with Gasteiger partial charge in [0, 0.05) is 5.92 Å². The number of benzene rings is 2. The van der Waals surface area contributed by atoms with Gasteiger partial charge in [-0.1, -0.05) is 54.1 Å². The van der Waals surface area contributed by atoms with Crippen LogP contribution in [0.5, 0.6) is 5.75 Å². The molecule has 124 valence electrons. The first-order valence-corrected chi connectivity index (χ1v) is 8.93. The van der Waals surface area contributed by atoms with Crippen molar-refractivity contribution in [3.8, 4) is 5.75 Å². The van der Waals surface area contributed by atoms with Gasteiger partial charge in [-0.2, -0.15) is 0 Å². The number of rotatable bonds is 3. The lowest BCUT2D eigenvalue weighted by molar-refractivity contribution is 0.242. The molecule has 2 nitrogen and oxygen atoms in total. The van der Waals surface area contributed by atoms with Crippen LogP contribution >= 0.6 is 0 Å². The first-order chi connectivity index (χ1) is 11.6. The van der Waals surface area contributed by atoms with Crippen LogP contribution in [0.1, 0.15) is 48.9 Å². The minimum atomic E-state index is 0.174. The van der Waals surface area contributed by atoms with E-state index in [1.807, 2.05) is 0 Å². The third kappa shape index (κ3) is 2.60. The van der Waals surface area contributed by atoms with Crippen molar-refractivity contribution < 1.29 is 4.74 Å². The highest BCUT2D eigenvalue weighted by atomic mass is 16.5. The van der Waals surface area contributed by atoms with E-state index in [1.54, 1.807) is 0 Å². The van der Waals surface area contributed by atoms with Crippen molar-refractivity contribution in [2.75, 3.05) is 5.32 Å². The highest BCUT2D eigenvalue weighted by molar-refractivity contribution is 5.67. The van der Waals surface area contributed by atoms with Gasteiger partial charge in [0.25, 0.3) is 0 Å². The van der Waals surface area contributed by atoms with Crippen molar-refractivity contribution in [2.45, 2.75) is 45.3 Å². The molecule has 0 spiro atoms. The minimum Gasteiger partial charge on any atom is -0.489 e. The van der Waals surface area contributed by atoms with Gasteiger partial charge in [0.05, 0.1) is 17.8 Å². The summed E-state index contributed by atoms with van der Waals surface area (Å²) in [5, 5.41) is 3.81. The zero-order valence-corrected chi connectivity index (χ0v) is 14.6. The molecule has 0 bridgehead atoms. The van der Waals surface area contributed by atoms with E-state index in [9.17, 15) is 0 Å². The van der Waals surface area contributed by atoms with Crippen LogP contribution in [0.4, 0.5) is 5.69 Å². The fraction of sp³-hybridized carbons (Fsp3) is 0.364. The number of fused-ring (bicyclic) bond motifs is 3. The summed E-state index contributed by atoms with van der Waals surface area (Å²) in [6, 6.07) is 15.7. The van der Waals surface area contributed by atoms with Crippen molar-refractivity contribution in [3.63, 3.8) is 0 Å². The summed E-state index contributed by atoms with van der Waals surface area (Å²) in [6.45, 7) is 6.30. The number of hydrogen-bond donors (Lipinski definition) is 1. The maximum atomic E-state index is 6.08. The maximum absolute atomic E-state index is 6.08. The Morgan fingerprint density at radius 2 is 1.88 bits per heavy atom. The van der Waals surface area contributed by atoms with Crippen molar-refractivity contribution in [1.29, 1.82) is 0 Å². The summed E-state index contributed by atoms with van der Waals surface area (Å²) in [7, 11) is 0. The molecular formula is C22H25NO. The lowest BCUT2D eigenvalue weighted by Gasteiger charge is -2.38. The van der Waals surface area contributed by atoms with E-state index in [2.05, 4.69) is 80.7 Å². The molecule has 1 heterocycles. The van der Waals surface area contributed by atoms with E-state index in [0.29, 0.717) is 17.9 Å². The summed E-state index contributed by atoms with van der Waals surface area (Å²) in [4.78, 5) is 0. The van der Waals surface area contributed by atoms with Gasteiger partial charge >= 0.3 is 0 Å². The molecule has 0 fully saturated rings. The zero-order valence-electron chi connectivity index (χ0n) is 14.6. The Balaban J connectivity index is 1.77. The molecule has 0 radical (unpaired) electrons. The number of allylic oxidation sites excluding steroid dienone is 2. The molecule has 4 rings (SSSR count). The smallest absolute Gasteiger partial charge is 0.143 e. The second-order valence-electron chi connectivity index (χ2n) is 7.27. The van der Waals surface area contributed by atoms with Crippen LogP contribution in [0.25, 0.3) is 0 Å². The van der Waals surface area contributed by atoms with Crippen molar-refractivity contribution >= 4 is 5.69 Å². The predicted molar refractivity (Wildman–Crippen MR) is 99.7 cm³/mol. The van der Waals surface area contributed by atoms with E-state index in [0.717, 1.165) is 12.2 Å². The third-order valence-corrected chi connectivity index (χ3v) is 5.16. The Labute approximate surface area is 144 Å². The van der Waals surface area contributed by atoms with Crippen LogP contribution in [0.3, 0.4) is 0 Å². The first-order valence-electron chi connectivity index (χ1n) is 8.93. The second kappa shape index (κ2) is 6.01. The van der Waals surface area contributed by atoms with E-state index in [1.165, 1.54) is 22.4 Å². The Morgan fingerprint density at radius 1 is 1.08 bits per heavy atom. The third-order valence-electron chi connectivity index (χ3n) is 5.16. The molecule has 2 heteroatoms. The van der Waals surface area contributed by atoms with E-state index < -0.39 is 0 Å². The van der Waals surface area contributed by atoms with Gasteiger partial charge in [0.15, 0.2) is 0 Å². The summed E-state index contributed by atoms with van der Waals surface area (Å²) in [5.74, 6) is 2.02. The number of hydrogen-bond acceptors (Lipinski definition) is 2. The molecule has 1 aliphatic heterocycles. The highest BCUT2D eigenvalue weighted by Crippen LogP contribution is 2.52. The van der Waals surface area contributed by atoms with Crippen LogP contribution < -0.4 is 10.1 Å². The molecule has 2 aromatic carbocycles. The molecular weight excluding hydrogens is 294 g/mol. The van der Waals surface area contributed by atoms with Gasteiger partial charge in [-0.15, -0.1) is 0 Å². The standard InChI is InChI=1S/C22H25NO/c1-14(2)24-20-9-5-8-19-17-6-4-7-18(17)21(23-22(19)20)16-12-10-15(3)11-13-16/h4-6,8-14,17-18,21,23H,7H2,1-3H3. The molecule has 2 aromatic rings. The Morgan fingerprint density at radius 3 is 2.62 bits per heavy atom. The number of anilines is 1. The fourth-order valence-corrected chi connectivity index (χ4v) is 4.05. The topological polar surface area (TPSA) is 21.3 Å². The molecule has 1 N–H and O–H groups in total. The largest absolute Gasteiger partial charge is 0.489 e. The lowest BCUT2D eigenvalue weighted by Crippen LogP contribution is -2.29. The van der Waals surface area contributed by atoms with Gasteiger partial charge < -0.3 is 10.1 Å². The normalized spacial score (nSPS) is 24.4. The average molecular weight is 319 g/mol. The Kier molecular flexibility index (Phi) is 3.84. The van der Waals surface area contributed by atoms with Crippen LogP contribution in [0.2, 0.25) is 0 Å². The minimum absolute atomic E-state index is 0.174. The molecule has 3 unspecified atom stereocenters. The zero-order chi connectivity index (χ0) is 16.7. The average Bonchev–Trinajstić information content (AvgIpc) is 3.05. The summed E-state index contributed by atoms with van der Waals surface area (Å²) in [6.07, 6.45) is 6.02. The van der Waals surface area contributed by atoms with Gasteiger partial charge in [0.1, 0.15) is 5.75 Å². The molecule has 3 atom stereocenters. The first kappa shape index (κ1) is 15.3. The van der Waals surface area contributed by atoms with Gasteiger partial charge in [0.2, 0.25) is 0 Å². The quantitative estimate of drug-likeness (QED) is 0.743. The Bertz CT molecular complexity index is 760. The van der Waals surface area contributed by atoms with E-state index in [4.69, 9.17) is 4.74 Å². The van der Waals surface area contributed by atoms with Crippen molar-refractivity contribution in [2.24, 2.45) is 5.92 Å². The monoisotopic (exact) mass is 319 g/mol. The summed E-state index contributed by atoms with van der Waals surface area (Å²) < 4.78 is 6.08. The number of aryl methyl sites for hydroxylation is 1. The second-order valence-corrected chi connectivity index (χ2v) is 7.27. The molecule has 0 amide bonds. The van der Waals surface area contributed by atoms with E-state index in [-0.39, 0.29) is 6.10 Å². The van der Waals surface area contributed by atoms with Gasteiger partial charge in [-0.25, -0.2) is 0 Å². The number of nitrogens with one attached hydrogen (secondary N) is 1. The highest BCUT2D eigenvalue weighted by Gasteiger charge is 2.38. The van der Waals surface area contributed by atoms with Crippen LogP contribution in [-0.4, -0.2) is 6.10 Å². The molecule has 2 aliphatic rings. The van der Waals surface area contributed by atoms with Gasteiger partial charge in [-0.05, 0) is 50.3 Å². The molecule has 0 saturated carbocycles. The number of ether oxygens (including phenoxy) is 1. The van der Waals surface area contributed by atoms with Crippen LogP contribution in [0.15, 0.2) is 54.6 Å². The predicted octanol–water partition coefficient (Wildman–Crippen LogP) is 5.61. The Hall–Kier alpha value is -2.22. The summed E-state index contributed by atoms with van der Waals surface area (Å²) >= 11 is 0. The molecule has 24 heavy (non-hydrogen) atoms. The van der Waals surface area contributed by atoms with Crippen molar-refractivity contribution in [3.05, 3.63) is 71.3 Å². The summed E-state index contributed by atoms with van der Waals surface area (Å²) in [5.41, 5.74) is 5.21. The SMILES string of the molecule is Cc1ccc(C2Nc3c(OC(C)C)cccc3C3C=CCC32)cc1. The molecule has 1 aliphatic carbocycles. The lowest BCUT2D eigenvalue weighted by atomic mass is 9.77. The molecule has 0 aromatic heterocycles. The maximum Gasteiger partial charge on any atom is 0.143 e. The van der Waals surface area contributed by atoms with Crippen molar-refractivity contribution in [1.82, 2.24) is 0 Å². The molecule has 0 saturated heterocycles. The van der Waals surface area contributed by atoms with Gasteiger partial charge in [-0.3, -0.25) is 0 Å². The van der Waals surface area contributed by atoms with E-state index >= 15 is 0 Å².